The van der Waals surface area contributed by atoms with Gasteiger partial charge in [0.05, 0.1) is 12.3 Å². The molecular weight excluding hydrogens is 250 g/mol. The summed E-state index contributed by atoms with van der Waals surface area (Å²) < 4.78 is 5.48. The fourth-order valence-corrected chi connectivity index (χ4v) is 2.53. The van der Waals surface area contributed by atoms with E-state index in [1.54, 1.807) is 6.07 Å². The molecule has 2 aromatic carbocycles. The van der Waals surface area contributed by atoms with Crippen molar-refractivity contribution in [3.05, 3.63) is 59.2 Å². The highest BCUT2D eigenvalue weighted by molar-refractivity contribution is 6.14. The van der Waals surface area contributed by atoms with Crippen LogP contribution in [-0.2, 0) is 6.42 Å². The van der Waals surface area contributed by atoms with Crippen molar-refractivity contribution in [2.75, 3.05) is 13.2 Å². The number of aliphatic imine (C=N–C) groups is 1. The van der Waals surface area contributed by atoms with E-state index < -0.39 is 0 Å². The van der Waals surface area contributed by atoms with Crippen LogP contribution < -0.4 is 4.74 Å². The van der Waals surface area contributed by atoms with Gasteiger partial charge in [-0.3, -0.25) is 4.99 Å². The molecule has 1 aliphatic rings. The number of rotatable bonds is 3. The summed E-state index contributed by atoms with van der Waals surface area (Å²) in [4.78, 5) is 4.65. The first-order valence-electron chi connectivity index (χ1n) is 6.88. The van der Waals surface area contributed by atoms with Crippen molar-refractivity contribution in [1.82, 2.24) is 0 Å². The number of phenolic OH excluding ortho intramolecular Hbond substituents is 1. The van der Waals surface area contributed by atoms with Crippen LogP contribution in [0.1, 0.15) is 23.6 Å². The van der Waals surface area contributed by atoms with Crippen LogP contribution in [0.15, 0.2) is 47.5 Å². The maximum Gasteiger partial charge on any atom is 0.161 e. The largest absolute Gasteiger partial charge is 0.504 e. The molecule has 0 aromatic heterocycles. The van der Waals surface area contributed by atoms with E-state index in [1.807, 2.05) is 31.2 Å². The van der Waals surface area contributed by atoms with Gasteiger partial charge in [-0.2, -0.15) is 0 Å². The molecule has 0 saturated carbocycles. The zero-order valence-electron chi connectivity index (χ0n) is 11.5. The summed E-state index contributed by atoms with van der Waals surface area (Å²) in [5.74, 6) is 0.733. The molecule has 2 aromatic rings. The topological polar surface area (TPSA) is 41.8 Å². The summed E-state index contributed by atoms with van der Waals surface area (Å²) in [6.45, 7) is 3.19. The van der Waals surface area contributed by atoms with E-state index in [9.17, 15) is 5.11 Å². The third-order valence-electron chi connectivity index (χ3n) is 3.44. The molecule has 102 valence electrons. The summed E-state index contributed by atoms with van der Waals surface area (Å²) >= 11 is 0. The molecule has 1 aliphatic heterocycles. The Labute approximate surface area is 118 Å². The zero-order chi connectivity index (χ0) is 13.9. The quantitative estimate of drug-likeness (QED) is 0.928. The van der Waals surface area contributed by atoms with Crippen molar-refractivity contribution >= 4 is 5.71 Å². The van der Waals surface area contributed by atoms with Gasteiger partial charge >= 0.3 is 0 Å². The molecule has 0 radical (unpaired) electrons. The fraction of sp³-hybridized carbons (Fsp3) is 0.235. The van der Waals surface area contributed by atoms with Crippen LogP contribution >= 0.6 is 0 Å². The summed E-state index contributed by atoms with van der Waals surface area (Å²) in [6.07, 6.45) is 0.853. The molecule has 0 aliphatic carbocycles. The molecule has 20 heavy (non-hydrogen) atoms. The highest BCUT2D eigenvalue weighted by Gasteiger charge is 2.18. The van der Waals surface area contributed by atoms with Crippen LogP contribution in [0.2, 0.25) is 0 Å². The Morgan fingerprint density at radius 3 is 2.75 bits per heavy atom. The van der Waals surface area contributed by atoms with Crippen molar-refractivity contribution in [2.45, 2.75) is 13.3 Å². The Hall–Kier alpha value is -2.29. The second-order valence-corrected chi connectivity index (χ2v) is 4.76. The van der Waals surface area contributed by atoms with Crippen molar-refractivity contribution in [2.24, 2.45) is 4.99 Å². The number of hydrogen-bond acceptors (Lipinski definition) is 3. The average molecular weight is 267 g/mol. The number of aromatic hydroxyl groups is 1. The van der Waals surface area contributed by atoms with Crippen LogP contribution in [0.3, 0.4) is 0 Å². The van der Waals surface area contributed by atoms with Crippen LogP contribution in [-0.4, -0.2) is 24.0 Å². The molecule has 0 amide bonds. The van der Waals surface area contributed by atoms with Crippen LogP contribution in [0.25, 0.3) is 0 Å². The van der Waals surface area contributed by atoms with Crippen molar-refractivity contribution in [3.63, 3.8) is 0 Å². The van der Waals surface area contributed by atoms with Gasteiger partial charge in [-0.05, 0) is 31.0 Å². The minimum Gasteiger partial charge on any atom is -0.504 e. The van der Waals surface area contributed by atoms with Gasteiger partial charge in [0.25, 0.3) is 0 Å². The third kappa shape index (κ3) is 2.27. The molecule has 3 rings (SSSR count). The molecule has 3 nitrogen and oxygen atoms in total. The minimum absolute atomic E-state index is 0.208. The van der Waals surface area contributed by atoms with Crippen LogP contribution in [0.5, 0.6) is 11.5 Å². The van der Waals surface area contributed by atoms with Crippen molar-refractivity contribution < 1.29 is 9.84 Å². The second-order valence-electron chi connectivity index (χ2n) is 4.76. The van der Waals surface area contributed by atoms with Gasteiger partial charge in [0.15, 0.2) is 11.5 Å². The molecular formula is C17H17NO2. The first-order valence-corrected chi connectivity index (χ1v) is 6.88. The zero-order valence-corrected chi connectivity index (χ0v) is 11.5. The summed E-state index contributed by atoms with van der Waals surface area (Å²) in [5.41, 5.74) is 4.26. The van der Waals surface area contributed by atoms with Crippen LogP contribution in [0, 0.1) is 0 Å². The van der Waals surface area contributed by atoms with E-state index in [2.05, 4.69) is 17.1 Å². The van der Waals surface area contributed by atoms with Crippen molar-refractivity contribution in [1.29, 1.82) is 0 Å². The average Bonchev–Trinajstić information content (AvgIpc) is 2.48. The predicted octanol–water partition coefficient (Wildman–Crippen LogP) is 3.18. The van der Waals surface area contributed by atoms with Gasteiger partial charge in [0, 0.05) is 17.7 Å². The molecule has 0 bridgehead atoms. The van der Waals surface area contributed by atoms with Crippen molar-refractivity contribution in [3.8, 4) is 11.5 Å². The number of nitrogens with zero attached hydrogens (tertiary/aromatic N) is 1. The molecule has 3 heteroatoms. The standard InChI is InChI=1S/C17H17NO2/c1-2-20-16-11-14-13(10-15(16)19)8-9-18-17(14)12-6-4-3-5-7-12/h3-7,10-11,19H,2,8-9H2,1H3. The Bertz CT molecular complexity index is 648. The molecule has 0 saturated heterocycles. The normalized spacial score (nSPS) is 13.6. The monoisotopic (exact) mass is 267 g/mol. The minimum atomic E-state index is 0.208. The number of hydrogen-bond donors (Lipinski definition) is 1. The fourth-order valence-electron chi connectivity index (χ4n) is 2.53. The lowest BCUT2D eigenvalue weighted by molar-refractivity contribution is 0.318. The second kappa shape index (κ2) is 5.37. The lowest BCUT2D eigenvalue weighted by Gasteiger charge is -2.19. The molecule has 0 atom stereocenters. The van der Waals surface area contributed by atoms with E-state index in [1.165, 1.54) is 0 Å². The van der Waals surface area contributed by atoms with E-state index in [-0.39, 0.29) is 5.75 Å². The Kier molecular flexibility index (Phi) is 3.42. The molecule has 0 fully saturated rings. The maximum atomic E-state index is 9.99. The van der Waals surface area contributed by atoms with Gasteiger partial charge in [-0.1, -0.05) is 30.3 Å². The predicted molar refractivity (Wildman–Crippen MR) is 79.9 cm³/mol. The number of fused-ring (bicyclic) bond motifs is 1. The van der Waals surface area contributed by atoms with E-state index in [0.717, 1.165) is 35.4 Å². The number of ether oxygens (including phenoxy) is 1. The van der Waals surface area contributed by atoms with Gasteiger partial charge < -0.3 is 9.84 Å². The smallest absolute Gasteiger partial charge is 0.161 e. The maximum absolute atomic E-state index is 9.99. The SMILES string of the molecule is CCOc1cc2c(cc1O)CCN=C2c1ccccc1. The van der Waals surface area contributed by atoms with Gasteiger partial charge in [0.2, 0.25) is 0 Å². The number of benzene rings is 2. The van der Waals surface area contributed by atoms with E-state index in [0.29, 0.717) is 12.4 Å². The number of phenols is 1. The highest BCUT2D eigenvalue weighted by Crippen LogP contribution is 2.33. The van der Waals surface area contributed by atoms with E-state index in [4.69, 9.17) is 4.74 Å². The Morgan fingerprint density at radius 1 is 1.20 bits per heavy atom. The first kappa shape index (κ1) is 12.7. The lowest BCUT2D eigenvalue weighted by atomic mass is 9.93. The molecule has 1 N–H and O–H groups in total. The Balaban J connectivity index is 2.10. The summed E-state index contributed by atoms with van der Waals surface area (Å²) in [7, 11) is 0. The molecule has 0 spiro atoms. The van der Waals surface area contributed by atoms with Gasteiger partial charge in [0.1, 0.15) is 0 Å². The summed E-state index contributed by atoms with van der Waals surface area (Å²) in [6, 6.07) is 13.8. The van der Waals surface area contributed by atoms with Gasteiger partial charge in [-0.25, -0.2) is 0 Å². The highest BCUT2D eigenvalue weighted by atomic mass is 16.5. The molecule has 0 unspecified atom stereocenters. The van der Waals surface area contributed by atoms with E-state index >= 15 is 0 Å². The first-order chi connectivity index (χ1) is 9.79. The Morgan fingerprint density at radius 2 is 2.00 bits per heavy atom. The third-order valence-corrected chi connectivity index (χ3v) is 3.44. The molecule has 1 heterocycles. The van der Waals surface area contributed by atoms with Gasteiger partial charge in [-0.15, -0.1) is 0 Å². The summed E-state index contributed by atoms with van der Waals surface area (Å²) in [5, 5.41) is 9.99. The lowest BCUT2D eigenvalue weighted by Crippen LogP contribution is -2.14. The van der Waals surface area contributed by atoms with Crippen LogP contribution in [0.4, 0.5) is 0 Å².